The Morgan fingerprint density at radius 1 is 1.41 bits per heavy atom. The van der Waals surface area contributed by atoms with Gasteiger partial charge in [0.25, 0.3) is 0 Å². The van der Waals surface area contributed by atoms with E-state index in [4.69, 9.17) is 23.2 Å². The topological polar surface area (TPSA) is 64.6 Å². The van der Waals surface area contributed by atoms with Gasteiger partial charge in [0.1, 0.15) is 0 Å². The molecular formula is C15H21Cl2N3O2. The van der Waals surface area contributed by atoms with Gasteiger partial charge in [0.15, 0.2) is 0 Å². The zero-order valence-electron chi connectivity index (χ0n) is 12.5. The van der Waals surface area contributed by atoms with Crippen LogP contribution in [0.1, 0.15) is 24.5 Å². The van der Waals surface area contributed by atoms with Gasteiger partial charge in [-0.25, -0.2) is 4.79 Å². The van der Waals surface area contributed by atoms with Crippen molar-refractivity contribution in [3.8, 4) is 0 Å². The molecule has 0 aliphatic carbocycles. The highest BCUT2D eigenvalue weighted by Gasteiger charge is 2.19. The van der Waals surface area contributed by atoms with Crippen molar-refractivity contribution in [1.29, 1.82) is 0 Å². The molecule has 3 N–H and O–H groups in total. The van der Waals surface area contributed by atoms with E-state index in [1.54, 1.807) is 18.2 Å². The van der Waals surface area contributed by atoms with Crippen molar-refractivity contribution in [2.75, 3.05) is 26.7 Å². The second-order valence-electron chi connectivity index (χ2n) is 5.61. The number of amides is 2. The summed E-state index contributed by atoms with van der Waals surface area (Å²) in [5, 5.41) is 16.6. The number of nitrogens with zero attached hydrogens (tertiary/aromatic N) is 1. The third-order valence-corrected chi connectivity index (χ3v) is 4.39. The van der Waals surface area contributed by atoms with Gasteiger partial charge in [0, 0.05) is 28.2 Å². The number of likely N-dealkylation sites (tertiary alicyclic amines) is 1. The number of carbonyl (C=O) groups excluding carboxylic acids is 1. The van der Waals surface area contributed by atoms with Crippen molar-refractivity contribution in [2.45, 2.75) is 25.0 Å². The van der Waals surface area contributed by atoms with E-state index in [9.17, 15) is 9.90 Å². The highest BCUT2D eigenvalue weighted by molar-refractivity contribution is 6.35. The minimum atomic E-state index is -0.868. The molecule has 0 saturated carbocycles. The van der Waals surface area contributed by atoms with E-state index in [1.165, 1.54) is 0 Å². The predicted octanol–water partition coefficient (Wildman–Crippen LogP) is 2.42. The molecule has 1 saturated heterocycles. The molecule has 0 radical (unpaired) electrons. The lowest BCUT2D eigenvalue weighted by Crippen LogP contribution is -2.47. The average molecular weight is 346 g/mol. The van der Waals surface area contributed by atoms with Crippen LogP contribution in [-0.2, 0) is 0 Å². The zero-order chi connectivity index (χ0) is 16.1. The van der Waals surface area contributed by atoms with Crippen LogP contribution in [0.25, 0.3) is 0 Å². The Bertz CT molecular complexity index is 520. The summed E-state index contributed by atoms with van der Waals surface area (Å²) in [5.41, 5.74) is 0.547. The number of rotatable bonds is 4. The quantitative estimate of drug-likeness (QED) is 0.785. The van der Waals surface area contributed by atoms with Gasteiger partial charge in [-0.2, -0.15) is 0 Å². The molecule has 0 aromatic heterocycles. The standard InChI is InChI=1S/C15H21Cl2N3O2/c1-20-6-4-11(5-7-20)19-15(22)18-9-14(21)12-3-2-10(16)8-13(12)17/h2-3,8,11,14,21H,4-7,9H2,1H3,(H2,18,19,22). The van der Waals surface area contributed by atoms with Gasteiger partial charge >= 0.3 is 6.03 Å². The summed E-state index contributed by atoms with van der Waals surface area (Å²) >= 11 is 11.9. The van der Waals surface area contributed by atoms with Gasteiger partial charge < -0.3 is 20.6 Å². The number of halogens is 2. The Morgan fingerprint density at radius 2 is 2.09 bits per heavy atom. The lowest BCUT2D eigenvalue weighted by Gasteiger charge is -2.29. The summed E-state index contributed by atoms with van der Waals surface area (Å²) in [7, 11) is 2.07. The minimum absolute atomic E-state index is 0.0970. The van der Waals surface area contributed by atoms with Gasteiger partial charge in [-0.1, -0.05) is 29.3 Å². The molecular weight excluding hydrogens is 325 g/mol. The first-order valence-electron chi connectivity index (χ1n) is 7.31. The Morgan fingerprint density at radius 3 is 2.73 bits per heavy atom. The normalized spacial score (nSPS) is 18.0. The number of hydrogen-bond acceptors (Lipinski definition) is 3. The molecule has 1 aromatic carbocycles. The van der Waals surface area contributed by atoms with Crippen molar-refractivity contribution in [2.24, 2.45) is 0 Å². The molecule has 1 aliphatic rings. The summed E-state index contributed by atoms with van der Waals surface area (Å²) in [6.07, 6.45) is 1.01. The molecule has 0 spiro atoms. The maximum Gasteiger partial charge on any atom is 0.315 e. The zero-order valence-corrected chi connectivity index (χ0v) is 14.0. The first-order chi connectivity index (χ1) is 10.5. The Kier molecular flexibility index (Phi) is 6.32. The van der Waals surface area contributed by atoms with Gasteiger partial charge in [-0.15, -0.1) is 0 Å². The van der Waals surface area contributed by atoms with Crippen molar-refractivity contribution < 1.29 is 9.90 Å². The SMILES string of the molecule is CN1CCC(NC(=O)NCC(O)c2ccc(Cl)cc2Cl)CC1. The molecule has 2 amide bonds. The Labute approximate surface area is 140 Å². The van der Waals surface area contributed by atoms with Crippen LogP contribution >= 0.6 is 23.2 Å². The summed E-state index contributed by atoms with van der Waals surface area (Å²) in [6.45, 7) is 2.06. The van der Waals surface area contributed by atoms with Crippen LogP contribution in [0, 0.1) is 0 Å². The summed E-state index contributed by atoms with van der Waals surface area (Å²) in [4.78, 5) is 14.1. The third kappa shape index (κ3) is 5.02. The van der Waals surface area contributed by atoms with E-state index >= 15 is 0 Å². The molecule has 1 atom stereocenters. The summed E-state index contributed by atoms with van der Waals surface area (Å²) in [5.74, 6) is 0. The summed E-state index contributed by atoms with van der Waals surface area (Å²) in [6, 6.07) is 4.81. The molecule has 1 fully saturated rings. The van der Waals surface area contributed by atoms with E-state index in [1.807, 2.05) is 0 Å². The van der Waals surface area contributed by atoms with Crippen LogP contribution in [0.2, 0.25) is 10.0 Å². The number of aliphatic hydroxyl groups excluding tert-OH is 1. The van der Waals surface area contributed by atoms with Crippen LogP contribution in [-0.4, -0.2) is 48.8 Å². The first kappa shape index (κ1) is 17.3. The number of benzene rings is 1. The third-order valence-electron chi connectivity index (χ3n) is 3.83. The molecule has 7 heteroatoms. The van der Waals surface area contributed by atoms with Crippen LogP contribution < -0.4 is 10.6 Å². The van der Waals surface area contributed by atoms with Gasteiger partial charge in [0.2, 0.25) is 0 Å². The molecule has 5 nitrogen and oxygen atoms in total. The Hall–Kier alpha value is -1.01. The number of piperidine rings is 1. The summed E-state index contributed by atoms with van der Waals surface area (Å²) < 4.78 is 0. The van der Waals surface area contributed by atoms with Crippen molar-refractivity contribution in [3.63, 3.8) is 0 Å². The fourth-order valence-electron chi connectivity index (χ4n) is 2.46. The first-order valence-corrected chi connectivity index (χ1v) is 8.07. The molecule has 1 aliphatic heterocycles. The smallest absolute Gasteiger partial charge is 0.315 e. The largest absolute Gasteiger partial charge is 0.387 e. The number of hydrogen-bond donors (Lipinski definition) is 3. The molecule has 122 valence electrons. The van der Waals surface area contributed by atoms with E-state index in [0.29, 0.717) is 15.6 Å². The lowest BCUT2D eigenvalue weighted by molar-refractivity contribution is 0.170. The maximum absolute atomic E-state index is 11.9. The highest BCUT2D eigenvalue weighted by atomic mass is 35.5. The number of carbonyl (C=O) groups is 1. The van der Waals surface area contributed by atoms with Crippen LogP contribution in [0.5, 0.6) is 0 Å². The monoisotopic (exact) mass is 345 g/mol. The van der Waals surface area contributed by atoms with Crippen LogP contribution in [0.3, 0.4) is 0 Å². The van der Waals surface area contributed by atoms with Crippen LogP contribution in [0.4, 0.5) is 4.79 Å². The van der Waals surface area contributed by atoms with E-state index < -0.39 is 6.10 Å². The molecule has 22 heavy (non-hydrogen) atoms. The lowest BCUT2D eigenvalue weighted by atomic mass is 10.1. The number of aliphatic hydroxyl groups is 1. The molecule has 1 unspecified atom stereocenters. The van der Waals surface area contributed by atoms with E-state index in [0.717, 1.165) is 25.9 Å². The molecule has 1 aromatic rings. The van der Waals surface area contributed by atoms with Crippen molar-refractivity contribution in [1.82, 2.24) is 15.5 Å². The Balaban J connectivity index is 1.78. The number of nitrogens with one attached hydrogen (secondary N) is 2. The fraction of sp³-hybridized carbons (Fsp3) is 0.533. The molecule has 1 heterocycles. The van der Waals surface area contributed by atoms with Crippen molar-refractivity contribution in [3.05, 3.63) is 33.8 Å². The second kappa shape index (κ2) is 8.02. The average Bonchev–Trinajstić information content (AvgIpc) is 2.47. The number of urea groups is 1. The highest BCUT2D eigenvalue weighted by Crippen LogP contribution is 2.25. The maximum atomic E-state index is 11.9. The second-order valence-corrected chi connectivity index (χ2v) is 6.46. The van der Waals surface area contributed by atoms with Gasteiger partial charge in [0.05, 0.1) is 6.10 Å². The molecule has 0 bridgehead atoms. The van der Waals surface area contributed by atoms with E-state index in [2.05, 4.69) is 22.6 Å². The minimum Gasteiger partial charge on any atom is -0.387 e. The fourth-order valence-corrected chi connectivity index (χ4v) is 2.99. The van der Waals surface area contributed by atoms with Crippen molar-refractivity contribution >= 4 is 29.2 Å². The molecule has 2 rings (SSSR count). The van der Waals surface area contributed by atoms with Crippen LogP contribution in [0.15, 0.2) is 18.2 Å². The van der Waals surface area contributed by atoms with Gasteiger partial charge in [-0.05, 0) is 45.1 Å². The van der Waals surface area contributed by atoms with E-state index in [-0.39, 0.29) is 18.6 Å². The van der Waals surface area contributed by atoms with Gasteiger partial charge in [-0.3, -0.25) is 0 Å². The predicted molar refractivity (Wildman–Crippen MR) is 88.5 cm³/mol.